The van der Waals surface area contributed by atoms with Gasteiger partial charge in [-0.25, -0.2) is 18.7 Å². The molecular formula is C12H11ClF2N4. The fraction of sp³-hybridized carbons (Fsp3) is 0.417. The molecule has 4 nitrogen and oxygen atoms in total. The highest BCUT2D eigenvalue weighted by Crippen LogP contribution is 2.37. The van der Waals surface area contributed by atoms with Gasteiger partial charge in [0.2, 0.25) is 5.28 Å². The fourth-order valence-electron chi connectivity index (χ4n) is 2.24. The van der Waals surface area contributed by atoms with Crippen LogP contribution in [0, 0.1) is 0 Å². The molecular weight excluding hydrogens is 274 g/mol. The number of hydrogen-bond acceptors (Lipinski definition) is 3. The van der Waals surface area contributed by atoms with Crippen molar-refractivity contribution in [1.29, 1.82) is 0 Å². The SMILES string of the molecule is Cn1nc(C2=CCC(F)(F)CC2)c2nc(Cl)ncc21. The molecule has 19 heavy (non-hydrogen) atoms. The number of hydrogen-bond donors (Lipinski definition) is 0. The maximum absolute atomic E-state index is 13.2. The highest BCUT2D eigenvalue weighted by atomic mass is 35.5. The second-order valence-corrected chi connectivity index (χ2v) is 4.97. The van der Waals surface area contributed by atoms with Gasteiger partial charge in [0.1, 0.15) is 16.7 Å². The Labute approximate surface area is 113 Å². The maximum atomic E-state index is 13.2. The van der Waals surface area contributed by atoms with E-state index < -0.39 is 5.92 Å². The molecule has 2 aromatic heterocycles. The summed E-state index contributed by atoms with van der Waals surface area (Å²) in [5.74, 6) is -2.61. The molecule has 0 saturated heterocycles. The molecule has 1 aliphatic carbocycles. The van der Waals surface area contributed by atoms with Crippen LogP contribution in [0.5, 0.6) is 0 Å². The fourth-order valence-corrected chi connectivity index (χ4v) is 2.38. The quantitative estimate of drug-likeness (QED) is 0.755. The van der Waals surface area contributed by atoms with E-state index in [1.54, 1.807) is 24.0 Å². The van der Waals surface area contributed by atoms with Gasteiger partial charge in [-0.05, 0) is 23.6 Å². The van der Waals surface area contributed by atoms with E-state index in [4.69, 9.17) is 11.6 Å². The summed E-state index contributed by atoms with van der Waals surface area (Å²) >= 11 is 5.79. The van der Waals surface area contributed by atoms with Crippen LogP contribution in [0.25, 0.3) is 16.6 Å². The Morgan fingerprint density at radius 1 is 1.42 bits per heavy atom. The van der Waals surface area contributed by atoms with Crippen LogP contribution in [0.4, 0.5) is 8.78 Å². The van der Waals surface area contributed by atoms with Crippen molar-refractivity contribution in [1.82, 2.24) is 19.7 Å². The lowest BCUT2D eigenvalue weighted by atomic mass is 9.94. The van der Waals surface area contributed by atoms with Crippen molar-refractivity contribution in [2.45, 2.75) is 25.2 Å². The van der Waals surface area contributed by atoms with Crippen LogP contribution >= 0.6 is 11.6 Å². The Morgan fingerprint density at radius 3 is 2.89 bits per heavy atom. The molecule has 0 saturated carbocycles. The predicted molar refractivity (Wildman–Crippen MR) is 68.1 cm³/mol. The summed E-state index contributed by atoms with van der Waals surface area (Å²) in [6.45, 7) is 0. The lowest BCUT2D eigenvalue weighted by Gasteiger charge is -2.20. The third-order valence-corrected chi connectivity index (χ3v) is 3.46. The Kier molecular flexibility index (Phi) is 2.78. The molecule has 3 rings (SSSR count). The summed E-state index contributed by atoms with van der Waals surface area (Å²) in [5, 5.41) is 4.47. The summed E-state index contributed by atoms with van der Waals surface area (Å²) in [6.07, 6.45) is 3.01. The van der Waals surface area contributed by atoms with Gasteiger partial charge in [-0.1, -0.05) is 6.08 Å². The smallest absolute Gasteiger partial charge is 0.251 e. The molecule has 0 bridgehead atoms. The normalized spacial score (nSPS) is 18.6. The summed E-state index contributed by atoms with van der Waals surface area (Å²) < 4.78 is 28.0. The van der Waals surface area contributed by atoms with Crippen LogP contribution in [-0.2, 0) is 7.05 Å². The molecule has 0 radical (unpaired) electrons. The van der Waals surface area contributed by atoms with Crippen molar-refractivity contribution in [2.75, 3.05) is 0 Å². The van der Waals surface area contributed by atoms with Crippen molar-refractivity contribution >= 4 is 28.2 Å². The minimum atomic E-state index is -2.61. The zero-order valence-electron chi connectivity index (χ0n) is 10.2. The number of aromatic nitrogens is 4. The van der Waals surface area contributed by atoms with Crippen LogP contribution in [0.2, 0.25) is 5.28 Å². The standard InChI is InChI=1S/C12H11ClF2N4/c1-19-8-6-16-11(13)17-10(8)9(18-19)7-2-4-12(14,15)5-3-7/h2,6H,3-5H2,1H3. The van der Waals surface area contributed by atoms with Gasteiger partial charge < -0.3 is 0 Å². The van der Waals surface area contributed by atoms with E-state index >= 15 is 0 Å². The average molecular weight is 285 g/mol. The first kappa shape index (κ1) is 12.5. The second kappa shape index (κ2) is 4.23. The van der Waals surface area contributed by atoms with Crippen LogP contribution in [0.3, 0.4) is 0 Å². The van der Waals surface area contributed by atoms with Crippen molar-refractivity contribution in [3.05, 3.63) is 23.3 Å². The number of alkyl halides is 2. The average Bonchev–Trinajstić information content (AvgIpc) is 2.66. The molecule has 0 N–H and O–H groups in total. The Hall–Kier alpha value is -1.56. The van der Waals surface area contributed by atoms with Crippen LogP contribution in [0.15, 0.2) is 12.3 Å². The zero-order valence-corrected chi connectivity index (χ0v) is 11.0. The zero-order chi connectivity index (χ0) is 13.6. The van der Waals surface area contributed by atoms with Gasteiger partial charge in [-0.2, -0.15) is 5.10 Å². The molecule has 1 aliphatic rings. The molecule has 2 aromatic rings. The van der Waals surface area contributed by atoms with Crippen LogP contribution in [-0.4, -0.2) is 25.7 Å². The molecule has 0 aromatic carbocycles. The molecule has 0 atom stereocenters. The Morgan fingerprint density at radius 2 is 2.21 bits per heavy atom. The van der Waals surface area contributed by atoms with Crippen molar-refractivity contribution < 1.29 is 8.78 Å². The minimum absolute atomic E-state index is 0.128. The highest BCUT2D eigenvalue weighted by molar-refractivity contribution is 6.28. The number of aryl methyl sites for hydroxylation is 1. The molecule has 7 heteroatoms. The second-order valence-electron chi connectivity index (χ2n) is 4.63. The van der Waals surface area contributed by atoms with Gasteiger partial charge in [-0.15, -0.1) is 0 Å². The molecule has 0 unspecified atom stereocenters. The molecule has 0 aliphatic heterocycles. The number of allylic oxidation sites excluding steroid dienone is 2. The number of fused-ring (bicyclic) bond motifs is 1. The Bertz CT molecular complexity index is 678. The van der Waals surface area contributed by atoms with Crippen molar-refractivity contribution in [3.63, 3.8) is 0 Å². The van der Waals surface area contributed by atoms with Gasteiger partial charge in [0.05, 0.1) is 6.20 Å². The largest absolute Gasteiger partial charge is 0.264 e. The number of rotatable bonds is 1. The maximum Gasteiger partial charge on any atom is 0.251 e. The van der Waals surface area contributed by atoms with E-state index in [0.717, 1.165) is 11.1 Å². The van der Waals surface area contributed by atoms with E-state index in [1.807, 2.05) is 0 Å². The molecule has 0 amide bonds. The van der Waals surface area contributed by atoms with Crippen LogP contribution < -0.4 is 0 Å². The van der Waals surface area contributed by atoms with E-state index in [1.165, 1.54) is 0 Å². The molecule has 100 valence electrons. The lowest BCUT2D eigenvalue weighted by molar-refractivity contribution is -0.00605. The highest BCUT2D eigenvalue weighted by Gasteiger charge is 2.32. The summed E-state index contributed by atoms with van der Waals surface area (Å²) in [5.41, 5.74) is 2.76. The van der Waals surface area contributed by atoms with Gasteiger partial charge in [0, 0.05) is 19.9 Å². The minimum Gasteiger partial charge on any atom is -0.264 e. The number of nitrogens with zero attached hydrogens (tertiary/aromatic N) is 4. The summed E-state index contributed by atoms with van der Waals surface area (Å²) in [6, 6.07) is 0. The third kappa shape index (κ3) is 2.20. The van der Waals surface area contributed by atoms with Gasteiger partial charge in [0.15, 0.2) is 0 Å². The topological polar surface area (TPSA) is 43.6 Å². The van der Waals surface area contributed by atoms with E-state index in [-0.39, 0.29) is 18.1 Å². The van der Waals surface area contributed by atoms with Gasteiger partial charge in [-0.3, -0.25) is 4.68 Å². The third-order valence-electron chi connectivity index (χ3n) is 3.27. The van der Waals surface area contributed by atoms with Gasteiger partial charge in [0.25, 0.3) is 5.92 Å². The first-order chi connectivity index (χ1) is 8.96. The Balaban J connectivity index is 2.11. The number of halogens is 3. The van der Waals surface area contributed by atoms with Gasteiger partial charge >= 0.3 is 0 Å². The first-order valence-corrected chi connectivity index (χ1v) is 6.26. The monoisotopic (exact) mass is 284 g/mol. The summed E-state index contributed by atoms with van der Waals surface area (Å²) in [7, 11) is 1.76. The van der Waals surface area contributed by atoms with Crippen LogP contribution in [0.1, 0.15) is 25.0 Å². The predicted octanol–water partition coefficient (Wildman–Crippen LogP) is 3.22. The summed E-state index contributed by atoms with van der Waals surface area (Å²) in [4.78, 5) is 8.05. The van der Waals surface area contributed by atoms with Crippen molar-refractivity contribution in [2.24, 2.45) is 7.05 Å². The van der Waals surface area contributed by atoms with E-state index in [9.17, 15) is 8.78 Å². The van der Waals surface area contributed by atoms with E-state index in [2.05, 4.69) is 15.1 Å². The van der Waals surface area contributed by atoms with E-state index in [0.29, 0.717) is 17.6 Å². The molecule has 0 spiro atoms. The first-order valence-electron chi connectivity index (χ1n) is 5.89. The van der Waals surface area contributed by atoms with Crippen molar-refractivity contribution in [3.8, 4) is 0 Å². The molecule has 0 fully saturated rings. The lowest BCUT2D eigenvalue weighted by Crippen LogP contribution is -2.18. The molecule has 2 heterocycles.